The first-order chi connectivity index (χ1) is 11.0. The third-order valence-corrected chi connectivity index (χ3v) is 3.93. The largest absolute Gasteiger partial charge is 0.466 e. The smallest absolute Gasteiger partial charge is 0.330 e. The molecule has 1 aromatic rings. The van der Waals surface area contributed by atoms with Crippen LogP contribution in [0.15, 0.2) is 24.3 Å². The molecule has 7 heteroatoms. The van der Waals surface area contributed by atoms with Crippen LogP contribution in [0.4, 0.5) is 11.4 Å². The van der Waals surface area contributed by atoms with Gasteiger partial charge in [-0.1, -0.05) is 6.07 Å². The van der Waals surface area contributed by atoms with Gasteiger partial charge < -0.3 is 14.7 Å². The van der Waals surface area contributed by atoms with Crippen LogP contribution in [0.3, 0.4) is 0 Å². The second kappa shape index (κ2) is 7.73. The van der Waals surface area contributed by atoms with Crippen LogP contribution in [0, 0.1) is 16.0 Å². The Morgan fingerprint density at radius 2 is 2.35 bits per heavy atom. The number of methoxy groups -OCH3 is 1. The van der Waals surface area contributed by atoms with Crippen LogP contribution >= 0.6 is 0 Å². The molecule has 0 aromatic heterocycles. The van der Waals surface area contributed by atoms with E-state index in [1.165, 1.54) is 25.3 Å². The third-order valence-electron chi connectivity index (χ3n) is 3.93. The summed E-state index contributed by atoms with van der Waals surface area (Å²) < 4.78 is 4.50. The fraction of sp³-hybridized carbons (Fsp3) is 0.438. The molecule has 1 aliphatic heterocycles. The minimum atomic E-state index is -0.515. The van der Waals surface area contributed by atoms with Gasteiger partial charge >= 0.3 is 5.97 Å². The minimum Gasteiger partial charge on any atom is -0.466 e. The summed E-state index contributed by atoms with van der Waals surface area (Å²) in [5.74, 6) is -0.374. The Morgan fingerprint density at radius 1 is 1.57 bits per heavy atom. The number of benzene rings is 1. The number of rotatable bonds is 5. The van der Waals surface area contributed by atoms with Crippen LogP contribution < -0.4 is 4.90 Å². The van der Waals surface area contributed by atoms with E-state index in [2.05, 4.69) is 4.74 Å². The van der Waals surface area contributed by atoms with E-state index in [-0.39, 0.29) is 18.2 Å². The lowest BCUT2D eigenvalue weighted by molar-refractivity contribution is -0.384. The average Bonchev–Trinajstić information content (AvgIpc) is 2.59. The number of anilines is 1. The van der Waals surface area contributed by atoms with E-state index < -0.39 is 10.9 Å². The average molecular weight is 320 g/mol. The summed E-state index contributed by atoms with van der Waals surface area (Å²) in [5.41, 5.74) is 1.10. The highest BCUT2D eigenvalue weighted by Crippen LogP contribution is 2.32. The molecule has 23 heavy (non-hydrogen) atoms. The van der Waals surface area contributed by atoms with Gasteiger partial charge in [0.15, 0.2) is 0 Å². The molecule has 1 saturated heterocycles. The first-order valence-corrected chi connectivity index (χ1v) is 7.45. The molecule has 0 bridgehead atoms. The number of nitrogens with zero attached hydrogens (tertiary/aromatic N) is 2. The van der Waals surface area contributed by atoms with E-state index in [0.29, 0.717) is 17.8 Å². The Kier molecular flexibility index (Phi) is 5.70. The number of aliphatic hydroxyl groups is 1. The van der Waals surface area contributed by atoms with Crippen LogP contribution in [-0.2, 0) is 9.53 Å². The Balaban J connectivity index is 2.28. The summed E-state index contributed by atoms with van der Waals surface area (Å²) in [4.78, 5) is 24.0. The van der Waals surface area contributed by atoms with Crippen molar-refractivity contribution in [1.82, 2.24) is 0 Å². The lowest BCUT2D eigenvalue weighted by Crippen LogP contribution is -2.37. The molecule has 0 radical (unpaired) electrons. The number of nitro benzene ring substituents is 1. The van der Waals surface area contributed by atoms with Gasteiger partial charge in [0, 0.05) is 31.8 Å². The topological polar surface area (TPSA) is 92.9 Å². The molecule has 2 rings (SSSR count). The lowest BCUT2D eigenvalue weighted by atomic mass is 9.98. The Labute approximate surface area is 134 Å². The molecular formula is C16H20N2O5. The van der Waals surface area contributed by atoms with Gasteiger partial charge in [-0.25, -0.2) is 4.79 Å². The van der Waals surface area contributed by atoms with Crippen molar-refractivity contribution < 1.29 is 19.6 Å². The van der Waals surface area contributed by atoms with Crippen LogP contribution in [-0.4, -0.2) is 42.8 Å². The van der Waals surface area contributed by atoms with E-state index in [1.54, 1.807) is 12.1 Å². The van der Waals surface area contributed by atoms with Crippen LogP contribution in [0.2, 0.25) is 0 Å². The van der Waals surface area contributed by atoms with E-state index in [4.69, 9.17) is 0 Å². The zero-order valence-corrected chi connectivity index (χ0v) is 13.0. The van der Waals surface area contributed by atoms with E-state index in [0.717, 1.165) is 19.4 Å². The molecule has 1 N–H and O–H groups in total. The first kappa shape index (κ1) is 17.0. The van der Waals surface area contributed by atoms with Crippen LogP contribution in [0.25, 0.3) is 6.08 Å². The minimum absolute atomic E-state index is 0.00407. The fourth-order valence-electron chi connectivity index (χ4n) is 2.72. The molecule has 0 aliphatic carbocycles. The lowest BCUT2D eigenvalue weighted by Gasteiger charge is -2.33. The number of hydrogen-bond acceptors (Lipinski definition) is 6. The molecule has 124 valence electrons. The normalized spacial score (nSPS) is 18.2. The number of carbonyl (C=O) groups is 1. The molecular weight excluding hydrogens is 300 g/mol. The number of carbonyl (C=O) groups excluding carboxylic acids is 1. The molecule has 1 heterocycles. The Bertz CT molecular complexity index is 614. The predicted octanol–water partition coefficient (Wildman–Crippen LogP) is 1.99. The SMILES string of the molecule is COC(=O)C=Cc1ccc(N2CCCC(CO)C2)c([N+](=O)[O-])c1. The number of piperidine rings is 1. The second-order valence-electron chi connectivity index (χ2n) is 5.50. The van der Waals surface area contributed by atoms with Gasteiger partial charge in [-0.2, -0.15) is 0 Å². The van der Waals surface area contributed by atoms with Crippen molar-refractivity contribution in [3.05, 3.63) is 40.0 Å². The molecule has 1 aliphatic rings. The van der Waals surface area contributed by atoms with Crippen LogP contribution in [0.5, 0.6) is 0 Å². The maximum absolute atomic E-state index is 11.4. The van der Waals surface area contributed by atoms with Crippen LogP contribution in [0.1, 0.15) is 18.4 Å². The van der Waals surface area contributed by atoms with E-state index in [1.807, 2.05) is 4.90 Å². The van der Waals surface area contributed by atoms with E-state index in [9.17, 15) is 20.0 Å². The number of hydrogen-bond donors (Lipinski definition) is 1. The maximum Gasteiger partial charge on any atom is 0.330 e. The molecule has 1 unspecified atom stereocenters. The molecule has 1 fully saturated rings. The fourth-order valence-corrected chi connectivity index (χ4v) is 2.72. The summed E-state index contributed by atoms with van der Waals surface area (Å²) in [6.07, 6.45) is 4.53. The maximum atomic E-state index is 11.4. The van der Waals surface area contributed by atoms with Crippen molar-refractivity contribution in [3.8, 4) is 0 Å². The zero-order chi connectivity index (χ0) is 16.8. The van der Waals surface area contributed by atoms with Gasteiger partial charge in [0.05, 0.1) is 12.0 Å². The number of nitro groups is 1. The van der Waals surface area contributed by atoms with E-state index >= 15 is 0 Å². The molecule has 0 saturated carbocycles. The third kappa shape index (κ3) is 4.29. The Morgan fingerprint density at radius 3 is 3.00 bits per heavy atom. The predicted molar refractivity (Wildman–Crippen MR) is 86.2 cm³/mol. The summed E-state index contributed by atoms with van der Waals surface area (Å²) in [6.45, 7) is 1.42. The summed E-state index contributed by atoms with van der Waals surface area (Å²) >= 11 is 0. The molecule has 7 nitrogen and oxygen atoms in total. The van der Waals surface area contributed by atoms with Gasteiger partial charge in [-0.15, -0.1) is 0 Å². The zero-order valence-electron chi connectivity index (χ0n) is 13.0. The van der Waals surface area contributed by atoms with Gasteiger partial charge in [-0.05, 0) is 36.5 Å². The standard InChI is InChI=1S/C16H20N2O5/c1-23-16(20)7-5-12-4-6-14(15(9-12)18(21)22)17-8-2-3-13(10-17)11-19/h4-7,9,13,19H,2-3,8,10-11H2,1H3. The van der Waals surface area contributed by atoms with Crippen molar-refractivity contribution in [2.75, 3.05) is 31.7 Å². The molecule has 1 aromatic carbocycles. The van der Waals surface area contributed by atoms with Crippen molar-refractivity contribution >= 4 is 23.4 Å². The van der Waals surface area contributed by atoms with Gasteiger partial charge in [0.1, 0.15) is 5.69 Å². The van der Waals surface area contributed by atoms with Crippen molar-refractivity contribution in [2.24, 2.45) is 5.92 Å². The quantitative estimate of drug-likeness (QED) is 0.386. The van der Waals surface area contributed by atoms with Gasteiger partial charge in [-0.3, -0.25) is 10.1 Å². The van der Waals surface area contributed by atoms with Gasteiger partial charge in [0.2, 0.25) is 0 Å². The molecule has 0 amide bonds. The van der Waals surface area contributed by atoms with Gasteiger partial charge in [0.25, 0.3) is 5.69 Å². The number of aliphatic hydroxyl groups excluding tert-OH is 1. The van der Waals surface area contributed by atoms with Crippen molar-refractivity contribution in [3.63, 3.8) is 0 Å². The number of esters is 1. The first-order valence-electron chi connectivity index (χ1n) is 7.45. The second-order valence-corrected chi connectivity index (χ2v) is 5.50. The highest BCUT2D eigenvalue weighted by atomic mass is 16.6. The highest BCUT2D eigenvalue weighted by Gasteiger charge is 2.25. The molecule has 1 atom stereocenters. The summed E-state index contributed by atoms with van der Waals surface area (Å²) in [7, 11) is 1.27. The summed E-state index contributed by atoms with van der Waals surface area (Å²) in [5, 5.41) is 20.7. The Hall–Kier alpha value is -2.41. The van der Waals surface area contributed by atoms with Crippen molar-refractivity contribution in [2.45, 2.75) is 12.8 Å². The van der Waals surface area contributed by atoms with Crippen molar-refractivity contribution in [1.29, 1.82) is 0 Å². The summed E-state index contributed by atoms with van der Waals surface area (Å²) in [6, 6.07) is 4.86. The highest BCUT2D eigenvalue weighted by molar-refractivity contribution is 5.87. The molecule has 0 spiro atoms. The number of ether oxygens (including phenoxy) is 1. The monoisotopic (exact) mass is 320 g/mol.